The van der Waals surface area contributed by atoms with Crippen molar-refractivity contribution in [2.45, 2.75) is 6.54 Å². The molecule has 1 amide bonds. The number of halogens is 1. The van der Waals surface area contributed by atoms with Crippen LogP contribution in [-0.4, -0.2) is 23.0 Å². The molecule has 2 aromatic heterocycles. The lowest BCUT2D eigenvalue weighted by molar-refractivity contribution is 0.102. The molecule has 0 aliphatic rings. The number of nitrogens with one attached hydrogen (secondary N) is 2. The average Bonchev–Trinajstić information content (AvgIpc) is 2.67. The highest BCUT2D eigenvalue weighted by molar-refractivity contribution is 6.31. The zero-order chi connectivity index (χ0) is 18.4. The maximum absolute atomic E-state index is 12.5. The van der Waals surface area contributed by atoms with Crippen molar-refractivity contribution in [3.8, 4) is 5.75 Å². The van der Waals surface area contributed by atoms with E-state index in [1.165, 1.54) is 7.11 Å². The molecule has 0 spiro atoms. The van der Waals surface area contributed by atoms with Crippen molar-refractivity contribution in [2.24, 2.45) is 0 Å². The van der Waals surface area contributed by atoms with E-state index < -0.39 is 0 Å². The SMILES string of the molecule is COc1ccc(Cl)cc1NC(=O)c1cc(NCc2ccncc2)ccn1. The van der Waals surface area contributed by atoms with E-state index >= 15 is 0 Å². The van der Waals surface area contributed by atoms with Crippen LogP contribution in [0.15, 0.2) is 61.1 Å². The number of hydrogen-bond donors (Lipinski definition) is 2. The second-order valence-electron chi connectivity index (χ2n) is 5.44. The van der Waals surface area contributed by atoms with Crippen LogP contribution in [0.1, 0.15) is 16.1 Å². The van der Waals surface area contributed by atoms with E-state index in [4.69, 9.17) is 16.3 Å². The first kappa shape index (κ1) is 17.7. The minimum atomic E-state index is -0.349. The van der Waals surface area contributed by atoms with Crippen molar-refractivity contribution in [1.82, 2.24) is 9.97 Å². The van der Waals surface area contributed by atoms with Crippen LogP contribution in [0.2, 0.25) is 5.02 Å². The van der Waals surface area contributed by atoms with Gasteiger partial charge in [-0.05, 0) is 48.0 Å². The van der Waals surface area contributed by atoms with E-state index in [1.807, 2.05) is 12.1 Å². The zero-order valence-corrected chi connectivity index (χ0v) is 14.8. The third-order valence-electron chi connectivity index (χ3n) is 3.65. The molecule has 2 heterocycles. The monoisotopic (exact) mass is 368 g/mol. The van der Waals surface area contributed by atoms with E-state index in [0.29, 0.717) is 23.0 Å². The van der Waals surface area contributed by atoms with Crippen LogP contribution in [-0.2, 0) is 6.54 Å². The Morgan fingerprint density at radius 2 is 1.92 bits per heavy atom. The molecule has 1 aromatic carbocycles. The van der Waals surface area contributed by atoms with Gasteiger partial charge in [0.1, 0.15) is 11.4 Å². The number of ether oxygens (including phenoxy) is 1. The lowest BCUT2D eigenvalue weighted by Gasteiger charge is -2.11. The van der Waals surface area contributed by atoms with Gasteiger partial charge in [-0.1, -0.05) is 11.6 Å². The van der Waals surface area contributed by atoms with Gasteiger partial charge in [-0.25, -0.2) is 0 Å². The van der Waals surface area contributed by atoms with Crippen LogP contribution in [0, 0.1) is 0 Å². The molecule has 3 aromatic rings. The third kappa shape index (κ3) is 4.49. The van der Waals surface area contributed by atoms with Crippen LogP contribution in [0.5, 0.6) is 5.75 Å². The van der Waals surface area contributed by atoms with Gasteiger partial charge in [0.25, 0.3) is 5.91 Å². The molecule has 0 aliphatic carbocycles. The smallest absolute Gasteiger partial charge is 0.274 e. The summed E-state index contributed by atoms with van der Waals surface area (Å²) in [4.78, 5) is 20.6. The van der Waals surface area contributed by atoms with Gasteiger partial charge >= 0.3 is 0 Å². The van der Waals surface area contributed by atoms with E-state index in [9.17, 15) is 4.79 Å². The largest absolute Gasteiger partial charge is 0.495 e. The van der Waals surface area contributed by atoms with Gasteiger partial charge in [-0.3, -0.25) is 14.8 Å². The Morgan fingerprint density at radius 1 is 1.12 bits per heavy atom. The van der Waals surface area contributed by atoms with E-state index in [2.05, 4.69) is 20.6 Å². The second-order valence-corrected chi connectivity index (χ2v) is 5.87. The van der Waals surface area contributed by atoms with Crippen molar-refractivity contribution >= 4 is 28.9 Å². The van der Waals surface area contributed by atoms with Crippen LogP contribution < -0.4 is 15.4 Å². The molecule has 0 radical (unpaired) electrons. The van der Waals surface area contributed by atoms with E-state index in [0.717, 1.165) is 11.3 Å². The molecular weight excluding hydrogens is 352 g/mol. The molecule has 0 fully saturated rings. The fraction of sp³-hybridized carbons (Fsp3) is 0.105. The van der Waals surface area contributed by atoms with Crippen LogP contribution >= 0.6 is 11.6 Å². The second kappa shape index (κ2) is 8.31. The molecule has 0 saturated heterocycles. The number of carbonyl (C=O) groups is 1. The number of nitrogens with zero attached hydrogens (tertiary/aromatic N) is 2. The fourth-order valence-electron chi connectivity index (χ4n) is 2.33. The maximum atomic E-state index is 12.5. The van der Waals surface area contributed by atoms with Gasteiger partial charge in [0.05, 0.1) is 12.8 Å². The number of methoxy groups -OCH3 is 1. The summed E-state index contributed by atoms with van der Waals surface area (Å²) in [7, 11) is 1.53. The molecule has 6 nitrogen and oxygen atoms in total. The van der Waals surface area contributed by atoms with Gasteiger partial charge in [0.2, 0.25) is 0 Å². The van der Waals surface area contributed by atoms with Gasteiger partial charge in [0, 0.05) is 35.8 Å². The van der Waals surface area contributed by atoms with Crippen LogP contribution in [0.4, 0.5) is 11.4 Å². The molecule has 2 N–H and O–H groups in total. The number of hydrogen-bond acceptors (Lipinski definition) is 5. The van der Waals surface area contributed by atoms with Crippen LogP contribution in [0.3, 0.4) is 0 Å². The molecule has 0 bridgehead atoms. The van der Waals surface area contributed by atoms with Gasteiger partial charge in [-0.15, -0.1) is 0 Å². The normalized spacial score (nSPS) is 10.2. The quantitative estimate of drug-likeness (QED) is 0.687. The fourth-order valence-corrected chi connectivity index (χ4v) is 2.51. The minimum absolute atomic E-state index is 0.284. The first-order valence-corrected chi connectivity index (χ1v) is 8.27. The van der Waals surface area contributed by atoms with E-state index in [-0.39, 0.29) is 11.6 Å². The first-order chi connectivity index (χ1) is 12.7. The number of anilines is 2. The third-order valence-corrected chi connectivity index (χ3v) is 3.88. The van der Waals surface area contributed by atoms with Crippen molar-refractivity contribution in [1.29, 1.82) is 0 Å². The van der Waals surface area contributed by atoms with Gasteiger partial charge in [0.15, 0.2) is 0 Å². The molecule has 0 aliphatic heterocycles. The average molecular weight is 369 g/mol. The highest BCUT2D eigenvalue weighted by Gasteiger charge is 2.12. The lowest BCUT2D eigenvalue weighted by atomic mass is 10.2. The number of rotatable bonds is 6. The predicted molar refractivity (Wildman–Crippen MR) is 102 cm³/mol. The van der Waals surface area contributed by atoms with Gasteiger partial charge < -0.3 is 15.4 Å². The predicted octanol–water partition coefficient (Wildman–Crippen LogP) is 4.00. The number of pyridine rings is 2. The lowest BCUT2D eigenvalue weighted by Crippen LogP contribution is -2.14. The molecule has 3 rings (SSSR count). The summed E-state index contributed by atoms with van der Waals surface area (Å²) in [5.41, 5.74) is 2.65. The van der Waals surface area contributed by atoms with Crippen molar-refractivity contribution < 1.29 is 9.53 Å². The number of benzene rings is 1. The van der Waals surface area contributed by atoms with Gasteiger partial charge in [-0.2, -0.15) is 0 Å². The molecule has 132 valence electrons. The number of amides is 1. The molecule has 0 saturated carbocycles. The van der Waals surface area contributed by atoms with Crippen molar-refractivity contribution in [3.63, 3.8) is 0 Å². The summed E-state index contributed by atoms with van der Waals surface area (Å²) in [6.45, 7) is 0.621. The summed E-state index contributed by atoms with van der Waals surface area (Å²) in [5, 5.41) is 6.53. The minimum Gasteiger partial charge on any atom is -0.495 e. The Bertz CT molecular complexity index is 903. The van der Waals surface area contributed by atoms with Crippen molar-refractivity contribution in [2.75, 3.05) is 17.7 Å². The zero-order valence-electron chi connectivity index (χ0n) is 14.1. The van der Waals surface area contributed by atoms with Crippen LogP contribution in [0.25, 0.3) is 0 Å². The summed E-state index contributed by atoms with van der Waals surface area (Å²) in [6, 6.07) is 12.4. The number of carbonyl (C=O) groups excluding carboxylic acids is 1. The molecule has 0 unspecified atom stereocenters. The molecule has 0 atom stereocenters. The Morgan fingerprint density at radius 3 is 2.69 bits per heavy atom. The Kier molecular flexibility index (Phi) is 5.66. The highest BCUT2D eigenvalue weighted by Crippen LogP contribution is 2.28. The van der Waals surface area contributed by atoms with E-state index in [1.54, 1.807) is 48.9 Å². The first-order valence-electron chi connectivity index (χ1n) is 7.89. The Labute approximate surface area is 156 Å². The number of aromatic nitrogens is 2. The summed E-state index contributed by atoms with van der Waals surface area (Å²) < 4.78 is 5.24. The molecule has 7 heteroatoms. The highest BCUT2D eigenvalue weighted by atomic mass is 35.5. The topological polar surface area (TPSA) is 76.1 Å². The Balaban J connectivity index is 1.71. The van der Waals surface area contributed by atoms with Crippen molar-refractivity contribution in [3.05, 3.63) is 77.3 Å². The Hall–Kier alpha value is -3.12. The summed E-state index contributed by atoms with van der Waals surface area (Å²) in [5.74, 6) is 0.174. The maximum Gasteiger partial charge on any atom is 0.274 e. The summed E-state index contributed by atoms with van der Waals surface area (Å²) >= 11 is 5.99. The molecular formula is C19H17ClN4O2. The summed E-state index contributed by atoms with van der Waals surface area (Å²) in [6.07, 6.45) is 5.06. The standard InChI is InChI=1S/C19H17ClN4O2/c1-26-18-3-2-14(20)10-16(18)24-19(25)17-11-15(6-9-22-17)23-12-13-4-7-21-8-5-13/h2-11H,12H2,1H3,(H,22,23)(H,24,25). The molecule has 26 heavy (non-hydrogen) atoms.